The van der Waals surface area contributed by atoms with Crippen LogP contribution >= 0.6 is 11.8 Å². The normalized spacial score (nSPS) is 19.5. The lowest BCUT2D eigenvalue weighted by molar-refractivity contribution is 0.170. The number of thioether (sulfide) groups is 1. The summed E-state index contributed by atoms with van der Waals surface area (Å²) < 4.78 is 5.43. The Morgan fingerprint density at radius 3 is 2.92 bits per heavy atom. The number of aliphatic hydroxyl groups is 1. The van der Waals surface area contributed by atoms with Crippen molar-refractivity contribution in [3.8, 4) is 0 Å². The Bertz CT molecular complexity index is 115. The molecule has 1 aliphatic carbocycles. The van der Waals surface area contributed by atoms with Crippen molar-refractivity contribution in [2.45, 2.75) is 19.8 Å². The molecule has 1 saturated carbocycles. The van der Waals surface area contributed by atoms with Crippen LogP contribution in [-0.4, -0.2) is 30.0 Å². The van der Waals surface area contributed by atoms with Gasteiger partial charge in [-0.3, -0.25) is 0 Å². The average molecular weight is 190 g/mol. The van der Waals surface area contributed by atoms with Crippen molar-refractivity contribution in [2.75, 3.05) is 24.9 Å². The second-order valence-corrected chi connectivity index (χ2v) is 4.57. The predicted octanol–water partition coefficient (Wildman–Crippen LogP) is 1.73. The summed E-state index contributed by atoms with van der Waals surface area (Å²) in [4.78, 5) is 0. The van der Waals surface area contributed by atoms with Gasteiger partial charge in [-0.2, -0.15) is 0 Å². The summed E-state index contributed by atoms with van der Waals surface area (Å²) in [6.07, 6.45) is 2.72. The van der Waals surface area contributed by atoms with E-state index in [1.807, 2.05) is 6.92 Å². The van der Waals surface area contributed by atoms with Gasteiger partial charge >= 0.3 is 0 Å². The minimum atomic E-state index is 0.287. The van der Waals surface area contributed by atoms with Gasteiger partial charge in [0.05, 0.1) is 12.5 Å². The van der Waals surface area contributed by atoms with Gasteiger partial charge in [0.2, 0.25) is 0 Å². The summed E-state index contributed by atoms with van der Waals surface area (Å²) in [7, 11) is 0. The average Bonchev–Trinajstić information content (AvgIpc) is 2.87. The molecule has 1 N–H and O–H groups in total. The molecular formula is C9H18O2S. The quantitative estimate of drug-likeness (QED) is 0.490. The van der Waals surface area contributed by atoms with E-state index in [0.29, 0.717) is 5.92 Å². The first-order valence-electron chi connectivity index (χ1n) is 4.59. The Morgan fingerprint density at radius 2 is 2.33 bits per heavy atom. The predicted molar refractivity (Wildman–Crippen MR) is 52.3 cm³/mol. The molecule has 0 heterocycles. The molecule has 1 fully saturated rings. The number of rotatable bonds is 7. The third-order valence-electron chi connectivity index (χ3n) is 1.93. The molecular weight excluding hydrogens is 172 g/mol. The van der Waals surface area contributed by atoms with Crippen LogP contribution in [0.2, 0.25) is 0 Å². The van der Waals surface area contributed by atoms with Crippen LogP contribution in [-0.2, 0) is 4.74 Å². The van der Waals surface area contributed by atoms with Gasteiger partial charge in [0.1, 0.15) is 0 Å². The van der Waals surface area contributed by atoms with Crippen LogP contribution in [0.25, 0.3) is 0 Å². The van der Waals surface area contributed by atoms with Crippen LogP contribution < -0.4 is 0 Å². The molecule has 2 nitrogen and oxygen atoms in total. The molecule has 0 radical (unpaired) electrons. The summed E-state index contributed by atoms with van der Waals surface area (Å²) in [6.45, 7) is 3.28. The molecule has 0 spiro atoms. The lowest BCUT2D eigenvalue weighted by atomic mass is 10.2. The molecule has 0 bridgehead atoms. The molecule has 0 aromatic rings. The highest BCUT2D eigenvalue weighted by Gasteiger charge is 2.20. The van der Waals surface area contributed by atoms with Crippen LogP contribution in [0.1, 0.15) is 19.8 Å². The smallest absolute Gasteiger partial charge is 0.0921 e. The zero-order valence-corrected chi connectivity index (χ0v) is 8.48. The summed E-state index contributed by atoms with van der Waals surface area (Å²) in [5.41, 5.74) is 0. The molecule has 1 atom stereocenters. The molecule has 0 aliphatic heterocycles. The Morgan fingerprint density at radius 1 is 1.58 bits per heavy atom. The van der Waals surface area contributed by atoms with Crippen molar-refractivity contribution in [1.82, 2.24) is 0 Å². The van der Waals surface area contributed by atoms with Gasteiger partial charge in [0, 0.05) is 12.4 Å². The molecule has 72 valence electrons. The van der Waals surface area contributed by atoms with E-state index in [-0.39, 0.29) is 6.61 Å². The molecule has 1 unspecified atom stereocenters. The summed E-state index contributed by atoms with van der Waals surface area (Å²) in [5.74, 6) is 3.06. The highest BCUT2D eigenvalue weighted by Crippen LogP contribution is 2.29. The maximum atomic E-state index is 8.74. The van der Waals surface area contributed by atoms with Crippen molar-refractivity contribution >= 4 is 11.8 Å². The van der Waals surface area contributed by atoms with Crippen molar-refractivity contribution in [2.24, 2.45) is 11.8 Å². The van der Waals surface area contributed by atoms with E-state index in [1.54, 1.807) is 11.8 Å². The van der Waals surface area contributed by atoms with Gasteiger partial charge in [0.15, 0.2) is 0 Å². The third-order valence-corrected chi connectivity index (χ3v) is 3.07. The van der Waals surface area contributed by atoms with Crippen molar-refractivity contribution in [3.63, 3.8) is 0 Å². The molecule has 0 aromatic carbocycles. The number of hydrogen-bond donors (Lipinski definition) is 1. The Kier molecular flexibility index (Phi) is 5.04. The van der Waals surface area contributed by atoms with Gasteiger partial charge in [-0.05, 0) is 24.7 Å². The Hall–Kier alpha value is 0.270. The van der Waals surface area contributed by atoms with Gasteiger partial charge in [-0.15, -0.1) is 11.8 Å². The van der Waals surface area contributed by atoms with Gasteiger partial charge in [0.25, 0.3) is 0 Å². The molecule has 1 rings (SSSR count). The highest BCUT2D eigenvalue weighted by atomic mass is 32.2. The SMILES string of the molecule is CC(CO)CSCOCC1CC1. The lowest BCUT2D eigenvalue weighted by Crippen LogP contribution is -2.05. The molecule has 0 amide bonds. The second-order valence-electron chi connectivity index (χ2n) is 3.59. The van der Waals surface area contributed by atoms with E-state index in [2.05, 4.69) is 0 Å². The van der Waals surface area contributed by atoms with Crippen LogP contribution in [0, 0.1) is 11.8 Å². The van der Waals surface area contributed by atoms with E-state index < -0.39 is 0 Å². The first-order valence-corrected chi connectivity index (χ1v) is 5.74. The fourth-order valence-corrected chi connectivity index (χ4v) is 1.68. The topological polar surface area (TPSA) is 29.5 Å². The van der Waals surface area contributed by atoms with Gasteiger partial charge in [-0.1, -0.05) is 6.92 Å². The van der Waals surface area contributed by atoms with Crippen molar-refractivity contribution in [1.29, 1.82) is 0 Å². The highest BCUT2D eigenvalue weighted by molar-refractivity contribution is 7.99. The van der Waals surface area contributed by atoms with Crippen LogP contribution in [0.15, 0.2) is 0 Å². The lowest BCUT2D eigenvalue weighted by Gasteiger charge is -2.07. The van der Waals surface area contributed by atoms with Crippen LogP contribution in [0.5, 0.6) is 0 Å². The molecule has 0 aromatic heterocycles. The minimum Gasteiger partial charge on any atom is -0.396 e. The summed E-state index contributed by atoms with van der Waals surface area (Å²) >= 11 is 1.77. The monoisotopic (exact) mass is 190 g/mol. The minimum absolute atomic E-state index is 0.287. The third kappa shape index (κ3) is 5.01. The zero-order chi connectivity index (χ0) is 8.81. The number of ether oxygens (including phenoxy) is 1. The van der Waals surface area contributed by atoms with Crippen LogP contribution in [0.3, 0.4) is 0 Å². The fraction of sp³-hybridized carbons (Fsp3) is 1.00. The largest absolute Gasteiger partial charge is 0.396 e. The van der Waals surface area contributed by atoms with E-state index in [0.717, 1.165) is 24.2 Å². The molecule has 3 heteroatoms. The maximum absolute atomic E-state index is 8.74. The first kappa shape index (κ1) is 10.4. The van der Waals surface area contributed by atoms with E-state index in [9.17, 15) is 0 Å². The van der Waals surface area contributed by atoms with Crippen molar-refractivity contribution < 1.29 is 9.84 Å². The summed E-state index contributed by atoms with van der Waals surface area (Å²) in [6, 6.07) is 0. The first-order chi connectivity index (χ1) is 5.83. The zero-order valence-electron chi connectivity index (χ0n) is 7.66. The van der Waals surface area contributed by atoms with E-state index in [1.165, 1.54) is 12.8 Å². The van der Waals surface area contributed by atoms with Crippen molar-refractivity contribution in [3.05, 3.63) is 0 Å². The number of aliphatic hydroxyl groups excluding tert-OH is 1. The van der Waals surface area contributed by atoms with E-state index >= 15 is 0 Å². The second kappa shape index (κ2) is 5.84. The molecule has 12 heavy (non-hydrogen) atoms. The maximum Gasteiger partial charge on any atom is 0.0921 e. The summed E-state index contributed by atoms with van der Waals surface area (Å²) in [5, 5.41) is 8.74. The van der Waals surface area contributed by atoms with Gasteiger partial charge < -0.3 is 9.84 Å². The number of hydrogen-bond acceptors (Lipinski definition) is 3. The molecule has 0 saturated heterocycles. The van der Waals surface area contributed by atoms with E-state index in [4.69, 9.17) is 9.84 Å². The fourth-order valence-electron chi connectivity index (χ4n) is 0.860. The van der Waals surface area contributed by atoms with Crippen LogP contribution in [0.4, 0.5) is 0 Å². The Labute approximate surface area is 78.7 Å². The Balaban J connectivity index is 1.75. The molecule has 1 aliphatic rings. The standard InChI is InChI=1S/C9H18O2S/c1-8(4-10)6-12-7-11-5-9-2-3-9/h8-10H,2-7H2,1H3. The van der Waals surface area contributed by atoms with Gasteiger partial charge in [-0.25, -0.2) is 0 Å².